The van der Waals surface area contributed by atoms with Crippen molar-refractivity contribution >= 4 is 40.8 Å². The number of anilines is 1. The van der Waals surface area contributed by atoms with Crippen molar-refractivity contribution in [1.29, 1.82) is 5.26 Å². The molecular weight excluding hydrogens is 514 g/mol. The van der Waals surface area contributed by atoms with Crippen molar-refractivity contribution in [2.24, 2.45) is 0 Å². The van der Waals surface area contributed by atoms with E-state index in [-0.39, 0.29) is 29.6 Å². The number of fused-ring (bicyclic) bond motifs is 1. The number of imidazole rings is 1. The molecule has 1 saturated heterocycles. The van der Waals surface area contributed by atoms with Crippen molar-refractivity contribution in [3.05, 3.63) is 51.0 Å². The van der Waals surface area contributed by atoms with Crippen molar-refractivity contribution in [3.63, 3.8) is 0 Å². The number of aliphatic carboxylic acids is 1. The lowest BCUT2D eigenvalue weighted by Crippen LogP contribution is -2.49. The zero-order chi connectivity index (χ0) is 27.6. The zero-order valence-electron chi connectivity index (χ0n) is 21.3. The second-order valence-corrected chi connectivity index (χ2v) is 10.4. The fraction of sp³-hybridized carbons (Fsp3) is 0.440. The van der Waals surface area contributed by atoms with E-state index >= 15 is 0 Å². The number of rotatable bonds is 6. The molecule has 1 aromatic carbocycles. The molecule has 0 radical (unpaired) electrons. The third-order valence-electron chi connectivity index (χ3n) is 5.95. The van der Waals surface area contributed by atoms with Crippen LogP contribution in [0.4, 0.5) is 10.7 Å². The van der Waals surface area contributed by atoms with Crippen LogP contribution in [0.5, 0.6) is 0 Å². The Bertz CT molecular complexity index is 1480. The van der Waals surface area contributed by atoms with Gasteiger partial charge < -0.3 is 20.1 Å². The summed E-state index contributed by atoms with van der Waals surface area (Å²) >= 11 is 6.42. The first kappa shape index (κ1) is 26.9. The first-order chi connectivity index (χ1) is 18.0. The van der Waals surface area contributed by atoms with Crippen molar-refractivity contribution in [2.45, 2.75) is 58.3 Å². The Balaban J connectivity index is 1.79. The summed E-state index contributed by atoms with van der Waals surface area (Å²) in [6.07, 6.45) is 0.935. The molecule has 0 saturated carbocycles. The number of amides is 1. The number of piperidine rings is 1. The summed E-state index contributed by atoms with van der Waals surface area (Å²) in [5, 5.41) is 22.2. The number of nitrogens with zero attached hydrogens (tertiary/aromatic N) is 6. The molecular formula is C25H28ClN7O5. The third kappa shape index (κ3) is 5.89. The minimum Gasteiger partial charge on any atom is -0.480 e. The Labute approximate surface area is 223 Å². The number of ether oxygens (including phenoxy) is 1. The summed E-state index contributed by atoms with van der Waals surface area (Å²) in [6, 6.07) is 8.70. The smallest absolute Gasteiger partial charge is 0.407 e. The van der Waals surface area contributed by atoms with Crippen LogP contribution in [0, 0.1) is 11.3 Å². The first-order valence-electron chi connectivity index (χ1n) is 12.1. The van der Waals surface area contributed by atoms with Gasteiger partial charge in [0.05, 0.1) is 6.54 Å². The Morgan fingerprint density at radius 3 is 2.66 bits per heavy atom. The van der Waals surface area contributed by atoms with Crippen LogP contribution in [0.15, 0.2) is 29.1 Å². The van der Waals surface area contributed by atoms with Gasteiger partial charge in [-0.15, -0.1) is 0 Å². The molecule has 1 fully saturated rings. The van der Waals surface area contributed by atoms with Crippen molar-refractivity contribution in [3.8, 4) is 6.07 Å². The zero-order valence-corrected chi connectivity index (χ0v) is 22.0. The lowest BCUT2D eigenvalue weighted by Gasteiger charge is -2.34. The molecule has 2 aromatic heterocycles. The van der Waals surface area contributed by atoms with Crippen LogP contribution in [0.3, 0.4) is 0 Å². The highest BCUT2D eigenvalue weighted by Crippen LogP contribution is 2.26. The molecule has 1 aliphatic heterocycles. The molecule has 12 nitrogen and oxygen atoms in total. The highest BCUT2D eigenvalue weighted by atomic mass is 35.5. The van der Waals surface area contributed by atoms with Gasteiger partial charge in [0.1, 0.15) is 18.2 Å². The van der Waals surface area contributed by atoms with Crippen LogP contribution in [0.25, 0.3) is 11.2 Å². The molecule has 0 spiro atoms. The van der Waals surface area contributed by atoms with Crippen molar-refractivity contribution in [1.82, 2.24) is 24.4 Å². The molecule has 1 atom stereocenters. The van der Waals surface area contributed by atoms with E-state index in [2.05, 4.69) is 15.3 Å². The van der Waals surface area contributed by atoms with Gasteiger partial charge >= 0.3 is 12.1 Å². The number of carbonyl (C=O) groups excluding carboxylic acids is 1. The second-order valence-electron chi connectivity index (χ2n) is 10.0. The monoisotopic (exact) mass is 541 g/mol. The van der Waals surface area contributed by atoms with Crippen LogP contribution < -0.4 is 15.8 Å². The van der Waals surface area contributed by atoms with E-state index in [1.807, 2.05) is 17.0 Å². The van der Waals surface area contributed by atoms with E-state index in [0.29, 0.717) is 29.6 Å². The number of carboxylic acids is 1. The Kier molecular flexibility index (Phi) is 7.59. The molecule has 2 N–H and O–H groups in total. The van der Waals surface area contributed by atoms with Gasteiger partial charge in [-0.2, -0.15) is 15.2 Å². The van der Waals surface area contributed by atoms with E-state index in [9.17, 15) is 24.8 Å². The number of carboxylic acid groups (broad SMARTS) is 1. The lowest BCUT2D eigenvalue weighted by atomic mass is 10.1. The average molecular weight is 542 g/mol. The van der Waals surface area contributed by atoms with Crippen LogP contribution >= 0.6 is 11.6 Å². The highest BCUT2D eigenvalue weighted by molar-refractivity contribution is 6.31. The van der Waals surface area contributed by atoms with E-state index in [1.165, 1.54) is 0 Å². The number of halogens is 1. The summed E-state index contributed by atoms with van der Waals surface area (Å²) < 4.78 is 7.86. The van der Waals surface area contributed by atoms with Crippen LogP contribution in [-0.2, 0) is 22.6 Å². The minimum atomic E-state index is -1.28. The molecule has 3 aromatic rings. The van der Waals surface area contributed by atoms with Crippen LogP contribution in [0.2, 0.25) is 5.02 Å². The lowest BCUT2D eigenvalue weighted by molar-refractivity contribution is -0.137. The van der Waals surface area contributed by atoms with Crippen LogP contribution in [0.1, 0.15) is 45.0 Å². The molecule has 3 heterocycles. The Morgan fingerprint density at radius 1 is 1.26 bits per heavy atom. The normalized spacial score (nSPS) is 15.8. The number of hydrogen-bond donors (Lipinski definition) is 2. The molecule has 1 amide bonds. The summed E-state index contributed by atoms with van der Waals surface area (Å²) in [6.45, 7) is 5.78. The molecule has 4 rings (SSSR count). The maximum absolute atomic E-state index is 13.5. The predicted octanol–water partition coefficient (Wildman–Crippen LogP) is 2.74. The Hall–Kier alpha value is -4.11. The number of aromatic nitrogens is 4. The summed E-state index contributed by atoms with van der Waals surface area (Å²) in [5.41, 5.74) is -0.537. The summed E-state index contributed by atoms with van der Waals surface area (Å²) in [5.74, 6) is -1.23. The molecule has 0 bridgehead atoms. The Morgan fingerprint density at radius 2 is 2.00 bits per heavy atom. The standard InChI is InChI=1S/C25H28ClN7O5/c1-25(2,3)38-24(37)28-16-8-6-10-31(13-16)23-30-21-20(33(23)12-15-7-4-5-9-17(15)26)22(36)32(14-19(34)35)18(11-27)29-21/h4-5,7,9,16H,6,8,10,12-14H2,1-3H3,(H,28,37)(H,34,35)/t16-/m1/s1. The molecule has 0 aliphatic carbocycles. The molecule has 38 heavy (non-hydrogen) atoms. The largest absolute Gasteiger partial charge is 0.480 e. The topological polar surface area (TPSA) is 155 Å². The van der Waals surface area contributed by atoms with Gasteiger partial charge in [0, 0.05) is 24.2 Å². The van der Waals surface area contributed by atoms with E-state index in [4.69, 9.17) is 16.3 Å². The number of benzene rings is 1. The summed E-state index contributed by atoms with van der Waals surface area (Å²) in [7, 11) is 0. The summed E-state index contributed by atoms with van der Waals surface area (Å²) in [4.78, 5) is 48.0. The van der Waals surface area contributed by atoms with Crippen molar-refractivity contribution < 1.29 is 19.4 Å². The molecule has 0 unspecified atom stereocenters. The fourth-order valence-corrected chi connectivity index (χ4v) is 4.60. The van der Waals surface area contributed by atoms with Gasteiger partial charge in [-0.05, 0) is 45.2 Å². The van der Waals surface area contributed by atoms with Gasteiger partial charge in [-0.1, -0.05) is 29.8 Å². The maximum atomic E-state index is 13.5. The average Bonchev–Trinajstić information content (AvgIpc) is 3.19. The van der Waals surface area contributed by atoms with Gasteiger partial charge in [0.15, 0.2) is 11.2 Å². The molecule has 1 aliphatic rings. The van der Waals surface area contributed by atoms with E-state index in [0.717, 1.165) is 17.4 Å². The van der Waals surface area contributed by atoms with Gasteiger partial charge in [0.25, 0.3) is 5.56 Å². The fourth-order valence-electron chi connectivity index (χ4n) is 4.41. The minimum absolute atomic E-state index is 0.0254. The predicted molar refractivity (Wildman–Crippen MR) is 139 cm³/mol. The number of nitriles is 1. The van der Waals surface area contributed by atoms with Crippen LogP contribution in [-0.4, -0.2) is 61.0 Å². The number of nitrogens with one attached hydrogen (secondary N) is 1. The van der Waals surface area contributed by atoms with Crippen molar-refractivity contribution in [2.75, 3.05) is 18.0 Å². The maximum Gasteiger partial charge on any atom is 0.407 e. The molecule has 200 valence electrons. The quantitative estimate of drug-likeness (QED) is 0.479. The van der Waals surface area contributed by atoms with Gasteiger partial charge in [0.2, 0.25) is 11.8 Å². The SMILES string of the molecule is CC(C)(C)OC(=O)N[C@@H]1CCCN(c2nc3nc(C#N)n(CC(=O)O)c(=O)c3n2Cc2ccccc2Cl)C1. The highest BCUT2D eigenvalue weighted by Gasteiger charge is 2.29. The van der Waals surface area contributed by atoms with E-state index in [1.54, 1.807) is 43.5 Å². The van der Waals surface area contributed by atoms with Gasteiger partial charge in [-0.3, -0.25) is 18.7 Å². The number of hydrogen-bond acceptors (Lipinski definition) is 8. The number of alkyl carbamates (subject to hydrolysis) is 1. The molecule has 13 heteroatoms. The van der Waals surface area contributed by atoms with E-state index < -0.39 is 29.8 Å². The third-order valence-corrected chi connectivity index (χ3v) is 6.32. The number of carbonyl (C=O) groups is 2. The second kappa shape index (κ2) is 10.7. The van der Waals surface area contributed by atoms with Gasteiger partial charge in [-0.25, -0.2) is 4.79 Å². The first-order valence-corrected chi connectivity index (χ1v) is 12.5.